The molecule has 108 valence electrons. The molecule has 2 fully saturated rings. The molecule has 1 unspecified atom stereocenters. The first-order chi connectivity index (χ1) is 9.69. The highest BCUT2D eigenvalue weighted by molar-refractivity contribution is 5.94. The number of carbonyl (C=O) groups excluding carboxylic acids is 1. The van der Waals surface area contributed by atoms with E-state index in [1.54, 1.807) is 0 Å². The van der Waals surface area contributed by atoms with E-state index in [9.17, 15) is 9.90 Å². The number of carbonyl (C=O) groups is 1. The van der Waals surface area contributed by atoms with E-state index < -0.39 is 5.60 Å². The van der Waals surface area contributed by atoms with Crippen LogP contribution in [0.5, 0.6) is 0 Å². The molecule has 3 aliphatic rings. The van der Waals surface area contributed by atoms with Gasteiger partial charge in [-0.3, -0.25) is 9.89 Å². The predicted molar refractivity (Wildman–Crippen MR) is 70.2 cm³/mol. The summed E-state index contributed by atoms with van der Waals surface area (Å²) in [5.74, 6) is -0.0594. The molecule has 0 spiro atoms. The maximum atomic E-state index is 12.7. The van der Waals surface area contributed by atoms with Crippen LogP contribution in [0.3, 0.4) is 0 Å². The second kappa shape index (κ2) is 4.30. The van der Waals surface area contributed by atoms with Crippen LogP contribution in [-0.4, -0.2) is 50.9 Å². The van der Waals surface area contributed by atoms with Crippen molar-refractivity contribution in [3.63, 3.8) is 0 Å². The van der Waals surface area contributed by atoms with E-state index in [0.29, 0.717) is 25.5 Å². The Morgan fingerprint density at radius 3 is 3.15 bits per heavy atom. The van der Waals surface area contributed by atoms with E-state index >= 15 is 0 Å². The topological polar surface area (TPSA) is 78.5 Å². The third-order valence-corrected chi connectivity index (χ3v) is 4.79. The van der Waals surface area contributed by atoms with Crippen molar-refractivity contribution in [1.29, 1.82) is 0 Å². The maximum Gasteiger partial charge on any atom is 0.275 e. The number of fused-ring (bicyclic) bond motifs is 1. The minimum atomic E-state index is -0.640. The average molecular weight is 277 g/mol. The van der Waals surface area contributed by atoms with Crippen LogP contribution < -0.4 is 0 Å². The Morgan fingerprint density at radius 2 is 2.35 bits per heavy atom. The largest absolute Gasteiger partial charge is 0.388 e. The summed E-state index contributed by atoms with van der Waals surface area (Å²) < 4.78 is 5.43. The maximum absolute atomic E-state index is 12.7. The number of likely N-dealkylation sites (tertiary alicyclic amines) is 1. The number of hydrogen-bond donors (Lipinski definition) is 2. The van der Waals surface area contributed by atoms with Crippen molar-refractivity contribution in [2.75, 3.05) is 13.2 Å². The molecule has 1 aromatic heterocycles. The second-order valence-corrected chi connectivity index (χ2v) is 6.09. The van der Waals surface area contributed by atoms with Crippen molar-refractivity contribution in [3.8, 4) is 0 Å². The van der Waals surface area contributed by atoms with E-state index in [1.807, 2.05) is 4.90 Å². The van der Waals surface area contributed by atoms with Gasteiger partial charge in [0.15, 0.2) is 5.69 Å². The first-order valence-electron chi connectivity index (χ1n) is 7.36. The summed E-state index contributed by atoms with van der Waals surface area (Å²) in [4.78, 5) is 14.6. The van der Waals surface area contributed by atoms with Gasteiger partial charge in [-0.15, -0.1) is 0 Å². The lowest BCUT2D eigenvalue weighted by Gasteiger charge is -2.28. The van der Waals surface area contributed by atoms with Crippen LogP contribution in [0.15, 0.2) is 0 Å². The molecule has 2 aliphatic heterocycles. The number of nitrogens with one attached hydrogen (secondary N) is 1. The van der Waals surface area contributed by atoms with Crippen LogP contribution in [0.1, 0.15) is 47.4 Å². The number of ether oxygens (including phenoxy) is 1. The van der Waals surface area contributed by atoms with Crippen molar-refractivity contribution in [3.05, 3.63) is 17.0 Å². The lowest BCUT2D eigenvalue weighted by atomic mass is 10.1. The molecule has 2 N–H and O–H groups in total. The highest BCUT2D eigenvalue weighted by Crippen LogP contribution is 2.45. The number of nitrogens with zero attached hydrogens (tertiary/aromatic N) is 2. The van der Waals surface area contributed by atoms with Gasteiger partial charge in [-0.2, -0.15) is 5.10 Å². The van der Waals surface area contributed by atoms with Gasteiger partial charge in [-0.05, 0) is 25.7 Å². The molecule has 0 bridgehead atoms. The van der Waals surface area contributed by atoms with E-state index in [2.05, 4.69) is 10.2 Å². The molecule has 20 heavy (non-hydrogen) atoms. The summed E-state index contributed by atoms with van der Waals surface area (Å²) >= 11 is 0. The first-order valence-corrected chi connectivity index (χ1v) is 7.36. The van der Waals surface area contributed by atoms with Gasteiger partial charge >= 0.3 is 0 Å². The normalized spacial score (nSPS) is 27.4. The van der Waals surface area contributed by atoms with Gasteiger partial charge in [-0.1, -0.05) is 0 Å². The Hall–Kier alpha value is -1.40. The van der Waals surface area contributed by atoms with E-state index in [0.717, 1.165) is 43.4 Å². The van der Waals surface area contributed by atoms with Crippen molar-refractivity contribution >= 4 is 5.91 Å². The number of amides is 1. The predicted octanol–water partition coefficient (Wildman–Crippen LogP) is 0.612. The molecular formula is C14H19N3O3. The lowest BCUT2D eigenvalue weighted by Crippen LogP contribution is -2.44. The summed E-state index contributed by atoms with van der Waals surface area (Å²) in [5.41, 5.74) is 1.75. The minimum Gasteiger partial charge on any atom is -0.388 e. The summed E-state index contributed by atoms with van der Waals surface area (Å²) in [5, 5.41) is 17.5. The lowest BCUT2D eigenvalue weighted by molar-refractivity contribution is 0.0377. The third kappa shape index (κ3) is 1.78. The Balaban J connectivity index is 1.62. The van der Waals surface area contributed by atoms with Gasteiger partial charge in [0.25, 0.3) is 5.91 Å². The number of hydrogen-bond acceptors (Lipinski definition) is 4. The molecule has 1 amide bonds. The quantitative estimate of drug-likeness (QED) is 0.830. The first kappa shape index (κ1) is 12.3. The molecule has 3 heterocycles. The molecule has 1 aliphatic carbocycles. The monoisotopic (exact) mass is 277 g/mol. The fourth-order valence-corrected chi connectivity index (χ4v) is 3.45. The molecule has 1 aromatic rings. The molecule has 0 aromatic carbocycles. The Morgan fingerprint density at radius 1 is 1.50 bits per heavy atom. The number of aliphatic hydroxyl groups is 1. The highest BCUT2D eigenvalue weighted by Gasteiger charge is 2.53. The smallest absolute Gasteiger partial charge is 0.275 e. The summed E-state index contributed by atoms with van der Waals surface area (Å²) in [6, 6.07) is -0.0353. The third-order valence-electron chi connectivity index (χ3n) is 4.79. The Kier molecular flexibility index (Phi) is 2.65. The summed E-state index contributed by atoms with van der Waals surface area (Å²) in [7, 11) is 0. The van der Waals surface area contributed by atoms with Crippen LogP contribution in [0, 0.1) is 0 Å². The average Bonchev–Trinajstić information content (AvgIpc) is 2.95. The van der Waals surface area contributed by atoms with Crippen molar-refractivity contribution in [2.45, 2.75) is 50.4 Å². The van der Waals surface area contributed by atoms with Crippen LogP contribution >= 0.6 is 0 Å². The molecule has 6 nitrogen and oxygen atoms in total. The number of aromatic nitrogens is 2. The molecule has 0 radical (unpaired) electrons. The summed E-state index contributed by atoms with van der Waals surface area (Å²) in [6.45, 7) is 1.85. The van der Waals surface area contributed by atoms with Crippen LogP contribution in [-0.2, 0) is 17.8 Å². The number of rotatable bonds is 2. The van der Waals surface area contributed by atoms with E-state index in [4.69, 9.17) is 4.74 Å². The number of aromatic amines is 1. The Bertz CT molecular complexity index is 550. The number of H-pyrrole nitrogens is 1. The second-order valence-electron chi connectivity index (χ2n) is 6.09. The fraction of sp³-hybridized carbons (Fsp3) is 0.714. The minimum absolute atomic E-state index is 0.0353. The Labute approximate surface area is 117 Å². The van der Waals surface area contributed by atoms with E-state index in [-0.39, 0.29) is 11.9 Å². The van der Waals surface area contributed by atoms with Gasteiger partial charge in [0, 0.05) is 24.2 Å². The molecule has 1 saturated heterocycles. The van der Waals surface area contributed by atoms with E-state index in [1.165, 1.54) is 0 Å². The standard InChI is InChI=1S/C14H19N3O3/c18-13(12-9-8-20-7-3-10(9)15-16-12)17-6-1-2-11(17)14(19)4-5-14/h11,19H,1-8H2,(H,15,16). The van der Waals surface area contributed by atoms with Gasteiger partial charge in [0.05, 0.1) is 24.9 Å². The molecule has 6 heteroatoms. The van der Waals surface area contributed by atoms with Crippen LogP contribution in [0.4, 0.5) is 0 Å². The molecule has 1 atom stereocenters. The zero-order valence-electron chi connectivity index (χ0n) is 11.4. The summed E-state index contributed by atoms with van der Waals surface area (Å²) in [6.07, 6.45) is 4.25. The van der Waals surface area contributed by atoms with Crippen LogP contribution in [0.25, 0.3) is 0 Å². The fourth-order valence-electron chi connectivity index (χ4n) is 3.45. The molecular weight excluding hydrogens is 258 g/mol. The van der Waals surface area contributed by atoms with Crippen LogP contribution in [0.2, 0.25) is 0 Å². The highest BCUT2D eigenvalue weighted by atomic mass is 16.5. The van der Waals surface area contributed by atoms with Crippen molar-refractivity contribution in [2.24, 2.45) is 0 Å². The van der Waals surface area contributed by atoms with Crippen molar-refractivity contribution < 1.29 is 14.6 Å². The van der Waals surface area contributed by atoms with Gasteiger partial charge in [0.1, 0.15) is 0 Å². The zero-order valence-corrected chi connectivity index (χ0v) is 11.4. The SMILES string of the molecule is O=C(c1n[nH]c2c1COCC2)N1CCCC1C1(O)CC1. The van der Waals surface area contributed by atoms with Gasteiger partial charge in [-0.25, -0.2) is 0 Å². The zero-order chi connectivity index (χ0) is 13.7. The molecule has 4 rings (SSSR count). The molecule has 1 saturated carbocycles. The van der Waals surface area contributed by atoms with Gasteiger partial charge < -0.3 is 14.7 Å². The van der Waals surface area contributed by atoms with Crippen molar-refractivity contribution in [1.82, 2.24) is 15.1 Å². The van der Waals surface area contributed by atoms with Gasteiger partial charge in [0.2, 0.25) is 0 Å².